The van der Waals surface area contributed by atoms with E-state index in [1.54, 1.807) is 0 Å². The molecule has 3 fully saturated rings. The van der Waals surface area contributed by atoms with E-state index in [1.165, 1.54) is 25.7 Å². The highest BCUT2D eigenvalue weighted by molar-refractivity contribution is 5.18. The Morgan fingerprint density at radius 1 is 1.39 bits per heavy atom. The van der Waals surface area contributed by atoms with Crippen molar-refractivity contribution >= 4 is 0 Å². The van der Waals surface area contributed by atoms with Crippen LogP contribution < -0.4 is 5.32 Å². The first-order chi connectivity index (χ1) is 8.63. The molecule has 0 amide bonds. The Morgan fingerprint density at radius 3 is 2.78 bits per heavy atom. The Bertz CT molecular complexity index is 301. The van der Waals surface area contributed by atoms with Gasteiger partial charge in [-0.15, -0.1) is 0 Å². The summed E-state index contributed by atoms with van der Waals surface area (Å²) in [4.78, 5) is 0. The number of hydrogen-bond donors (Lipinski definition) is 2. The summed E-state index contributed by atoms with van der Waals surface area (Å²) in [6.07, 6.45) is 6.63. The maximum absolute atomic E-state index is 9.42. The number of nitrogens with one attached hydrogen (secondary N) is 1. The van der Waals surface area contributed by atoms with Gasteiger partial charge in [-0.1, -0.05) is 13.3 Å². The van der Waals surface area contributed by atoms with Crippen LogP contribution >= 0.6 is 0 Å². The van der Waals surface area contributed by atoms with Gasteiger partial charge in [-0.2, -0.15) is 0 Å². The van der Waals surface area contributed by atoms with Crippen molar-refractivity contribution in [3.05, 3.63) is 0 Å². The van der Waals surface area contributed by atoms with E-state index in [9.17, 15) is 5.11 Å². The van der Waals surface area contributed by atoms with Crippen molar-refractivity contribution in [2.24, 2.45) is 17.3 Å². The standard InChI is InChI=1S/C15H27NO2/c1-10(8-11(2)17)9-16-13-12-4-7-18-14(12)15(13)5-3-6-15/h10-14,16-17H,3-9H2,1-2H3. The average molecular weight is 253 g/mol. The van der Waals surface area contributed by atoms with Crippen LogP contribution in [0.3, 0.4) is 0 Å². The number of rotatable bonds is 5. The van der Waals surface area contributed by atoms with Gasteiger partial charge < -0.3 is 15.2 Å². The van der Waals surface area contributed by atoms with Crippen molar-refractivity contribution in [1.29, 1.82) is 0 Å². The maximum Gasteiger partial charge on any atom is 0.0690 e. The molecule has 0 aromatic carbocycles. The van der Waals surface area contributed by atoms with E-state index in [2.05, 4.69) is 12.2 Å². The van der Waals surface area contributed by atoms with Gasteiger partial charge in [0.25, 0.3) is 0 Å². The number of fused-ring (bicyclic) bond motifs is 2. The number of hydrogen-bond acceptors (Lipinski definition) is 3. The third kappa shape index (κ3) is 1.91. The van der Waals surface area contributed by atoms with Crippen LogP contribution in [0.25, 0.3) is 0 Å². The molecular formula is C15H27NO2. The highest BCUT2D eigenvalue weighted by atomic mass is 16.5. The predicted molar refractivity (Wildman–Crippen MR) is 71.4 cm³/mol. The smallest absolute Gasteiger partial charge is 0.0690 e. The molecule has 2 N–H and O–H groups in total. The van der Waals surface area contributed by atoms with Gasteiger partial charge in [0.05, 0.1) is 12.2 Å². The van der Waals surface area contributed by atoms with Crippen molar-refractivity contribution in [3.63, 3.8) is 0 Å². The molecule has 104 valence electrons. The quantitative estimate of drug-likeness (QED) is 0.787. The summed E-state index contributed by atoms with van der Waals surface area (Å²) >= 11 is 0. The van der Waals surface area contributed by atoms with Gasteiger partial charge in [0.1, 0.15) is 0 Å². The van der Waals surface area contributed by atoms with E-state index in [1.807, 2.05) is 6.92 Å². The van der Waals surface area contributed by atoms with Crippen molar-refractivity contribution in [1.82, 2.24) is 5.32 Å². The maximum atomic E-state index is 9.42. The monoisotopic (exact) mass is 253 g/mol. The average Bonchev–Trinajstić information content (AvgIpc) is 2.60. The molecule has 1 spiro atoms. The highest BCUT2D eigenvalue weighted by Crippen LogP contribution is 2.62. The molecule has 3 rings (SSSR count). The molecule has 3 heteroatoms. The summed E-state index contributed by atoms with van der Waals surface area (Å²) in [5.74, 6) is 1.33. The first kappa shape index (κ1) is 12.9. The summed E-state index contributed by atoms with van der Waals surface area (Å²) in [6, 6.07) is 0.690. The first-order valence-electron chi connectivity index (χ1n) is 7.66. The molecule has 1 heterocycles. The summed E-state index contributed by atoms with van der Waals surface area (Å²) in [6.45, 7) is 6.13. The van der Waals surface area contributed by atoms with E-state index in [4.69, 9.17) is 4.74 Å². The molecular weight excluding hydrogens is 226 g/mol. The van der Waals surface area contributed by atoms with E-state index in [-0.39, 0.29) is 6.10 Å². The molecule has 0 bridgehead atoms. The zero-order chi connectivity index (χ0) is 12.8. The lowest BCUT2D eigenvalue weighted by atomic mass is 9.46. The topological polar surface area (TPSA) is 41.5 Å². The molecule has 0 radical (unpaired) electrons. The Labute approximate surface area is 110 Å². The second-order valence-corrected chi connectivity index (χ2v) is 6.91. The number of aliphatic hydroxyl groups is 1. The van der Waals surface area contributed by atoms with Crippen LogP contribution in [0.4, 0.5) is 0 Å². The molecule has 2 aliphatic carbocycles. The van der Waals surface area contributed by atoms with E-state index in [0.29, 0.717) is 23.5 Å². The minimum absolute atomic E-state index is 0.177. The Kier molecular flexibility index (Phi) is 3.41. The van der Waals surface area contributed by atoms with Crippen molar-refractivity contribution in [2.75, 3.05) is 13.2 Å². The lowest BCUT2D eigenvalue weighted by Gasteiger charge is -2.63. The van der Waals surface area contributed by atoms with Crippen LogP contribution in [0.15, 0.2) is 0 Å². The van der Waals surface area contributed by atoms with Crippen LogP contribution in [0.5, 0.6) is 0 Å². The van der Waals surface area contributed by atoms with Gasteiger partial charge in [0.2, 0.25) is 0 Å². The molecule has 3 nitrogen and oxygen atoms in total. The van der Waals surface area contributed by atoms with Crippen molar-refractivity contribution in [3.8, 4) is 0 Å². The van der Waals surface area contributed by atoms with Gasteiger partial charge in [-0.25, -0.2) is 0 Å². The van der Waals surface area contributed by atoms with Gasteiger partial charge in [0.15, 0.2) is 0 Å². The fraction of sp³-hybridized carbons (Fsp3) is 1.00. The van der Waals surface area contributed by atoms with E-state index < -0.39 is 0 Å². The lowest BCUT2D eigenvalue weighted by molar-refractivity contribution is -0.176. The summed E-state index contributed by atoms with van der Waals surface area (Å²) in [5, 5.41) is 13.2. The predicted octanol–water partition coefficient (Wildman–Crippen LogP) is 1.94. The second-order valence-electron chi connectivity index (χ2n) is 6.91. The normalized spacial score (nSPS) is 39.8. The van der Waals surface area contributed by atoms with Gasteiger partial charge >= 0.3 is 0 Å². The molecule has 5 atom stereocenters. The van der Waals surface area contributed by atoms with Crippen LogP contribution in [-0.4, -0.2) is 36.5 Å². The molecule has 18 heavy (non-hydrogen) atoms. The molecule has 0 aromatic rings. The zero-order valence-electron chi connectivity index (χ0n) is 11.7. The van der Waals surface area contributed by atoms with Crippen LogP contribution in [0.1, 0.15) is 46.0 Å². The van der Waals surface area contributed by atoms with Crippen LogP contribution in [-0.2, 0) is 4.74 Å². The first-order valence-corrected chi connectivity index (χ1v) is 7.66. The van der Waals surface area contributed by atoms with Gasteiger partial charge in [-0.05, 0) is 45.1 Å². The second kappa shape index (κ2) is 4.77. The van der Waals surface area contributed by atoms with E-state index in [0.717, 1.165) is 25.5 Å². The Morgan fingerprint density at radius 2 is 2.17 bits per heavy atom. The third-order valence-electron chi connectivity index (χ3n) is 5.47. The van der Waals surface area contributed by atoms with E-state index >= 15 is 0 Å². The highest BCUT2D eigenvalue weighted by Gasteiger charge is 2.66. The fourth-order valence-electron chi connectivity index (χ4n) is 4.55. The molecule has 5 unspecified atom stereocenters. The fourth-order valence-corrected chi connectivity index (χ4v) is 4.55. The molecule has 2 saturated carbocycles. The van der Waals surface area contributed by atoms with Crippen molar-refractivity contribution < 1.29 is 9.84 Å². The molecule has 0 aromatic heterocycles. The zero-order valence-corrected chi connectivity index (χ0v) is 11.7. The summed E-state index contributed by atoms with van der Waals surface area (Å²) in [5.41, 5.74) is 0.492. The number of ether oxygens (including phenoxy) is 1. The molecule has 1 saturated heterocycles. The minimum atomic E-state index is -0.177. The summed E-state index contributed by atoms with van der Waals surface area (Å²) < 4.78 is 5.93. The number of aliphatic hydroxyl groups excluding tert-OH is 1. The van der Waals surface area contributed by atoms with Gasteiger partial charge in [-0.3, -0.25) is 0 Å². The molecule has 3 aliphatic rings. The lowest BCUT2D eigenvalue weighted by Crippen LogP contribution is -2.71. The Balaban J connectivity index is 1.53. The third-order valence-corrected chi connectivity index (χ3v) is 5.47. The van der Waals surface area contributed by atoms with Crippen molar-refractivity contribution in [2.45, 2.75) is 64.2 Å². The SMILES string of the molecule is CC(O)CC(C)CNC1C2CCOC2C12CCC2. The summed E-state index contributed by atoms with van der Waals surface area (Å²) in [7, 11) is 0. The van der Waals surface area contributed by atoms with Crippen LogP contribution in [0, 0.1) is 17.3 Å². The molecule has 1 aliphatic heterocycles. The van der Waals surface area contributed by atoms with Crippen LogP contribution in [0.2, 0.25) is 0 Å². The Hall–Kier alpha value is -0.120. The largest absolute Gasteiger partial charge is 0.393 e. The van der Waals surface area contributed by atoms with Gasteiger partial charge in [0, 0.05) is 24.0 Å². The minimum Gasteiger partial charge on any atom is -0.393 e.